The lowest BCUT2D eigenvalue weighted by molar-refractivity contribution is -0.304. The standard InChI is InChI=1S/C38H66N2O9/c1-10-32-29(21-41)16-22(2)11-12-30(42)25(5)17-28(13-14-40-19-23(3)15-24(4)20-40)37(26(6)31(43)18-33(44)48-32)49-38-36(46)34(39(8)9)35(45)27(7)47-38/h11-12,16,23-29,31-32,34-38,41,43,45-46H,10,13-15,17-21H2,1-9H3/b12-11+,22-16+/t23?,24?,25-,26+,27-,28+,29-,31-,32-,34+,35-,36-,37-,38+/m1/s1. The summed E-state index contributed by atoms with van der Waals surface area (Å²) in [4.78, 5) is 31.0. The summed E-state index contributed by atoms with van der Waals surface area (Å²) < 4.78 is 18.6. The van der Waals surface area contributed by atoms with Crippen LogP contribution in [0.25, 0.3) is 0 Å². The zero-order valence-electron chi connectivity index (χ0n) is 31.4. The number of nitrogens with zero attached hydrogens (tertiary/aromatic N) is 2. The maximum atomic E-state index is 13.6. The summed E-state index contributed by atoms with van der Waals surface area (Å²) in [5, 5.41) is 44.1. The zero-order valence-corrected chi connectivity index (χ0v) is 31.4. The molecule has 0 aromatic heterocycles. The maximum absolute atomic E-state index is 13.6. The Hall–Kier alpha value is -1.70. The molecule has 14 atom stereocenters. The van der Waals surface area contributed by atoms with Gasteiger partial charge in [-0.2, -0.15) is 0 Å². The molecule has 2 saturated heterocycles. The van der Waals surface area contributed by atoms with Gasteiger partial charge in [-0.1, -0.05) is 52.3 Å². The number of aliphatic hydroxyl groups excluding tert-OH is 4. The predicted octanol–water partition coefficient (Wildman–Crippen LogP) is 3.18. The van der Waals surface area contributed by atoms with Crippen molar-refractivity contribution in [3.05, 3.63) is 23.8 Å². The van der Waals surface area contributed by atoms with Crippen LogP contribution in [0, 0.1) is 35.5 Å². The van der Waals surface area contributed by atoms with Crippen molar-refractivity contribution in [2.75, 3.05) is 40.3 Å². The second-order valence-electron chi connectivity index (χ2n) is 15.7. The van der Waals surface area contributed by atoms with Crippen molar-refractivity contribution >= 4 is 11.8 Å². The van der Waals surface area contributed by atoms with Gasteiger partial charge in [-0.25, -0.2) is 0 Å². The Morgan fingerprint density at radius 2 is 1.63 bits per heavy atom. The van der Waals surface area contributed by atoms with Crippen LogP contribution >= 0.6 is 0 Å². The van der Waals surface area contributed by atoms with Gasteiger partial charge in [-0.3, -0.25) is 9.59 Å². The summed E-state index contributed by atoms with van der Waals surface area (Å²) in [5.41, 5.74) is 0.774. The molecule has 0 amide bonds. The van der Waals surface area contributed by atoms with Crippen molar-refractivity contribution in [1.29, 1.82) is 0 Å². The second-order valence-corrected chi connectivity index (χ2v) is 15.7. The third-order valence-corrected chi connectivity index (χ3v) is 10.9. The van der Waals surface area contributed by atoms with Crippen molar-refractivity contribution in [2.24, 2.45) is 35.5 Å². The lowest BCUT2D eigenvalue weighted by Gasteiger charge is -2.47. The minimum Gasteiger partial charge on any atom is -0.462 e. The van der Waals surface area contributed by atoms with E-state index in [0.717, 1.165) is 25.2 Å². The first kappa shape index (κ1) is 41.7. The Kier molecular flexibility index (Phi) is 16.4. The first-order chi connectivity index (χ1) is 23.1. The van der Waals surface area contributed by atoms with Gasteiger partial charge in [0.25, 0.3) is 0 Å². The maximum Gasteiger partial charge on any atom is 0.308 e. The van der Waals surface area contributed by atoms with Gasteiger partial charge in [0, 0.05) is 30.8 Å². The molecular formula is C38H66N2O9. The smallest absolute Gasteiger partial charge is 0.308 e. The molecule has 3 aliphatic heterocycles. The molecule has 2 fully saturated rings. The molecular weight excluding hydrogens is 628 g/mol. The average molecular weight is 695 g/mol. The quantitative estimate of drug-likeness (QED) is 0.278. The molecule has 2 unspecified atom stereocenters. The summed E-state index contributed by atoms with van der Waals surface area (Å²) in [7, 11) is 3.56. The van der Waals surface area contributed by atoms with E-state index >= 15 is 0 Å². The number of likely N-dealkylation sites (tertiary alicyclic amines) is 1. The highest BCUT2D eigenvalue weighted by Gasteiger charge is 2.47. The van der Waals surface area contributed by atoms with E-state index < -0.39 is 66.8 Å². The molecule has 3 heterocycles. The highest BCUT2D eigenvalue weighted by Crippen LogP contribution is 2.35. The van der Waals surface area contributed by atoms with Crippen LogP contribution in [0.5, 0.6) is 0 Å². The van der Waals surface area contributed by atoms with E-state index in [-0.39, 0.29) is 30.6 Å². The zero-order chi connectivity index (χ0) is 36.6. The van der Waals surface area contributed by atoms with Gasteiger partial charge < -0.3 is 44.4 Å². The van der Waals surface area contributed by atoms with Crippen LogP contribution in [-0.4, -0.2) is 131 Å². The van der Waals surface area contributed by atoms with Crippen LogP contribution in [0.3, 0.4) is 0 Å². The van der Waals surface area contributed by atoms with Crippen molar-refractivity contribution in [2.45, 2.75) is 130 Å². The van der Waals surface area contributed by atoms with Gasteiger partial charge in [0.15, 0.2) is 12.1 Å². The fraction of sp³-hybridized carbons (Fsp3) is 0.842. The van der Waals surface area contributed by atoms with E-state index in [1.165, 1.54) is 6.42 Å². The number of rotatable bonds is 8. The van der Waals surface area contributed by atoms with Crippen LogP contribution in [0.2, 0.25) is 0 Å². The fourth-order valence-electron chi connectivity index (χ4n) is 8.18. The van der Waals surface area contributed by atoms with Gasteiger partial charge >= 0.3 is 5.97 Å². The van der Waals surface area contributed by atoms with Crippen molar-refractivity contribution in [3.63, 3.8) is 0 Å². The summed E-state index contributed by atoms with van der Waals surface area (Å²) >= 11 is 0. The number of likely N-dealkylation sites (N-methyl/N-ethyl adjacent to an activating group) is 1. The summed E-state index contributed by atoms with van der Waals surface area (Å²) in [6.07, 6.45) is 1.23. The van der Waals surface area contributed by atoms with Crippen molar-refractivity contribution in [1.82, 2.24) is 9.80 Å². The van der Waals surface area contributed by atoms with Crippen LogP contribution in [-0.2, 0) is 23.8 Å². The molecule has 0 spiro atoms. The van der Waals surface area contributed by atoms with E-state index in [2.05, 4.69) is 18.7 Å². The molecule has 282 valence electrons. The Morgan fingerprint density at radius 3 is 2.22 bits per heavy atom. The number of piperidine rings is 1. The minimum absolute atomic E-state index is 0.0469. The van der Waals surface area contributed by atoms with Crippen molar-refractivity contribution in [3.8, 4) is 0 Å². The third kappa shape index (κ3) is 11.7. The molecule has 49 heavy (non-hydrogen) atoms. The Labute approximate surface area is 294 Å². The molecule has 0 aromatic rings. The van der Waals surface area contributed by atoms with E-state index in [1.54, 1.807) is 38.1 Å². The molecule has 3 rings (SSSR count). The topological polar surface area (TPSA) is 149 Å². The molecule has 0 bridgehead atoms. The van der Waals surface area contributed by atoms with Gasteiger partial charge in [0.05, 0.1) is 43.5 Å². The molecule has 0 saturated carbocycles. The van der Waals surface area contributed by atoms with E-state index in [0.29, 0.717) is 31.1 Å². The summed E-state index contributed by atoms with van der Waals surface area (Å²) in [6.45, 7) is 16.2. The molecule has 0 aromatic carbocycles. The number of carbonyl (C=O) groups is 2. The Morgan fingerprint density at radius 1 is 0.980 bits per heavy atom. The normalized spacial score (nSPS) is 42.8. The first-order valence-corrected chi connectivity index (χ1v) is 18.5. The number of allylic oxidation sites excluding steroid dienone is 3. The van der Waals surface area contributed by atoms with Gasteiger partial charge in [0.2, 0.25) is 0 Å². The number of esters is 1. The molecule has 0 radical (unpaired) electrons. The second kappa shape index (κ2) is 19.2. The number of carbonyl (C=O) groups excluding carboxylic acids is 2. The Bertz CT molecular complexity index is 1100. The molecule has 11 heteroatoms. The summed E-state index contributed by atoms with van der Waals surface area (Å²) in [5.74, 6) is -1.20. The fourth-order valence-corrected chi connectivity index (χ4v) is 8.18. The van der Waals surface area contributed by atoms with E-state index in [4.69, 9.17) is 14.2 Å². The van der Waals surface area contributed by atoms with Crippen LogP contribution in [0.1, 0.15) is 80.6 Å². The van der Waals surface area contributed by atoms with Crippen LogP contribution in [0.15, 0.2) is 23.8 Å². The predicted molar refractivity (Wildman–Crippen MR) is 188 cm³/mol. The molecule has 0 aliphatic carbocycles. The Balaban J connectivity index is 2.04. The largest absolute Gasteiger partial charge is 0.462 e. The highest BCUT2D eigenvalue weighted by atomic mass is 16.7. The average Bonchev–Trinajstić information content (AvgIpc) is 3.03. The summed E-state index contributed by atoms with van der Waals surface area (Å²) in [6, 6.07) is -0.655. The van der Waals surface area contributed by atoms with Crippen LogP contribution < -0.4 is 0 Å². The lowest BCUT2D eigenvalue weighted by Crippen LogP contribution is -2.63. The van der Waals surface area contributed by atoms with E-state index in [9.17, 15) is 30.0 Å². The lowest BCUT2D eigenvalue weighted by atomic mass is 9.79. The van der Waals surface area contributed by atoms with Crippen molar-refractivity contribution < 1.29 is 44.2 Å². The number of ketones is 1. The molecule has 4 N–H and O–H groups in total. The highest BCUT2D eigenvalue weighted by molar-refractivity contribution is 5.91. The number of cyclic esters (lactones) is 1. The van der Waals surface area contributed by atoms with Gasteiger partial charge in [-0.15, -0.1) is 0 Å². The molecule has 11 nitrogen and oxygen atoms in total. The number of hydrogen-bond donors (Lipinski definition) is 4. The number of aliphatic hydroxyl groups is 4. The monoisotopic (exact) mass is 694 g/mol. The van der Waals surface area contributed by atoms with E-state index in [1.807, 2.05) is 33.8 Å². The number of ether oxygens (including phenoxy) is 3. The first-order valence-electron chi connectivity index (χ1n) is 18.5. The SMILES string of the molecule is CC[C@H]1OC(=O)C[C@@H](O)[C@H](C)[C@@H](O[C@@H]2O[C@H](C)[C@@H](O)[C@H](N(C)C)[C@H]2O)[C@@H](CCN2CC(C)CC(C)C2)C[C@@H](C)C(=O)/C=C/C(C)=C/[C@@H]1CO. The van der Waals surface area contributed by atoms with Gasteiger partial charge in [-0.05, 0) is 84.0 Å². The third-order valence-electron chi connectivity index (χ3n) is 10.9. The van der Waals surface area contributed by atoms with Crippen LogP contribution in [0.4, 0.5) is 0 Å². The van der Waals surface area contributed by atoms with Gasteiger partial charge in [0.1, 0.15) is 12.2 Å². The molecule has 3 aliphatic rings. The number of hydrogen-bond acceptors (Lipinski definition) is 11. The minimum atomic E-state index is -1.20.